The van der Waals surface area contributed by atoms with Crippen molar-refractivity contribution in [3.05, 3.63) is 34.9 Å². The van der Waals surface area contributed by atoms with Gasteiger partial charge in [-0.15, -0.1) is 0 Å². The molecule has 3 amide bonds. The van der Waals surface area contributed by atoms with Gasteiger partial charge in [0, 0.05) is 19.6 Å². The molecule has 3 rings (SSSR count). The Morgan fingerprint density at radius 1 is 1.21 bits per heavy atom. The molecule has 2 aliphatic heterocycles. The number of likely N-dealkylation sites (tertiary alicyclic amines) is 1. The van der Waals surface area contributed by atoms with Crippen LogP contribution in [0.5, 0.6) is 0 Å². The average molecular weight is 329 g/mol. The second-order valence-corrected chi connectivity index (χ2v) is 6.89. The average Bonchev–Trinajstić information content (AvgIpc) is 2.59. The van der Waals surface area contributed by atoms with Gasteiger partial charge in [-0.25, -0.2) is 4.79 Å². The Kier molecular flexibility index (Phi) is 5.07. The van der Waals surface area contributed by atoms with Crippen molar-refractivity contribution in [3.8, 4) is 0 Å². The summed E-state index contributed by atoms with van der Waals surface area (Å²) in [5, 5.41) is 2.82. The lowest BCUT2D eigenvalue weighted by molar-refractivity contribution is -0.135. The number of amides is 3. The number of nitrogens with zero attached hydrogens (tertiary/aromatic N) is 2. The third kappa shape index (κ3) is 3.40. The van der Waals surface area contributed by atoms with E-state index in [0.29, 0.717) is 13.1 Å². The largest absolute Gasteiger partial charge is 0.338 e. The molecule has 0 bridgehead atoms. The van der Waals surface area contributed by atoms with E-state index in [9.17, 15) is 9.59 Å². The third-order valence-electron chi connectivity index (χ3n) is 5.32. The highest BCUT2D eigenvalue weighted by Gasteiger charge is 2.31. The molecule has 0 spiro atoms. The fraction of sp³-hybridized carbons (Fsp3) is 0.579. The van der Waals surface area contributed by atoms with Crippen molar-refractivity contribution in [3.63, 3.8) is 0 Å². The van der Waals surface area contributed by atoms with Crippen LogP contribution in [0.4, 0.5) is 4.79 Å². The first-order chi connectivity index (χ1) is 11.6. The Hall–Kier alpha value is -2.04. The number of urea groups is 1. The van der Waals surface area contributed by atoms with Gasteiger partial charge in [0.2, 0.25) is 5.91 Å². The molecule has 0 aromatic heterocycles. The number of nitrogens with one attached hydrogen (secondary N) is 1. The molecule has 1 aromatic carbocycles. The number of benzene rings is 1. The first kappa shape index (κ1) is 16.8. The molecule has 2 fully saturated rings. The molecule has 2 saturated heterocycles. The number of aryl methyl sites for hydroxylation is 1. The maximum Gasteiger partial charge on any atom is 0.317 e. The van der Waals surface area contributed by atoms with E-state index < -0.39 is 0 Å². The molecule has 24 heavy (non-hydrogen) atoms. The number of hydrogen-bond acceptors (Lipinski definition) is 2. The molecule has 5 nitrogen and oxygen atoms in total. The van der Waals surface area contributed by atoms with Crippen molar-refractivity contribution in [2.24, 2.45) is 0 Å². The molecule has 1 atom stereocenters. The molecule has 0 saturated carbocycles. The molecule has 1 aromatic rings. The van der Waals surface area contributed by atoms with Gasteiger partial charge in [0.1, 0.15) is 6.54 Å². The summed E-state index contributed by atoms with van der Waals surface area (Å²) in [7, 11) is 0. The zero-order chi connectivity index (χ0) is 17.1. The van der Waals surface area contributed by atoms with Crippen LogP contribution >= 0.6 is 0 Å². The monoisotopic (exact) mass is 329 g/mol. The van der Waals surface area contributed by atoms with Crippen molar-refractivity contribution in [1.82, 2.24) is 15.1 Å². The third-order valence-corrected chi connectivity index (χ3v) is 5.32. The minimum atomic E-state index is -0.116. The van der Waals surface area contributed by atoms with Gasteiger partial charge in [-0.3, -0.25) is 4.79 Å². The van der Waals surface area contributed by atoms with Crippen molar-refractivity contribution >= 4 is 11.9 Å². The fourth-order valence-electron chi connectivity index (χ4n) is 3.77. The number of carbonyl (C=O) groups is 2. The Labute approximate surface area is 144 Å². The van der Waals surface area contributed by atoms with Crippen LogP contribution in [0.3, 0.4) is 0 Å². The molecule has 0 aliphatic carbocycles. The first-order valence-electron chi connectivity index (χ1n) is 8.96. The maximum atomic E-state index is 12.9. The fourth-order valence-corrected chi connectivity index (χ4v) is 3.77. The van der Waals surface area contributed by atoms with Crippen LogP contribution in [0.25, 0.3) is 0 Å². The Bertz CT molecular complexity index is 629. The molecular weight excluding hydrogens is 302 g/mol. The lowest BCUT2D eigenvalue weighted by Crippen LogP contribution is -2.51. The van der Waals surface area contributed by atoms with Gasteiger partial charge in [-0.1, -0.05) is 18.2 Å². The van der Waals surface area contributed by atoms with Crippen molar-refractivity contribution in [2.45, 2.75) is 45.6 Å². The summed E-state index contributed by atoms with van der Waals surface area (Å²) in [6.45, 7) is 6.60. The van der Waals surface area contributed by atoms with Gasteiger partial charge in [0.15, 0.2) is 0 Å². The molecular formula is C19H27N3O2. The normalized spacial score (nSPS) is 21.6. The van der Waals surface area contributed by atoms with Gasteiger partial charge in [-0.05, 0) is 56.2 Å². The summed E-state index contributed by atoms with van der Waals surface area (Å²) in [6, 6.07) is 6.36. The zero-order valence-corrected chi connectivity index (χ0v) is 14.7. The predicted molar refractivity (Wildman–Crippen MR) is 93.8 cm³/mol. The summed E-state index contributed by atoms with van der Waals surface area (Å²) in [5.74, 6) is 0.0673. The topological polar surface area (TPSA) is 52.7 Å². The minimum absolute atomic E-state index is 0.0673. The zero-order valence-electron chi connectivity index (χ0n) is 14.7. The van der Waals surface area contributed by atoms with E-state index in [1.54, 1.807) is 4.90 Å². The molecule has 2 heterocycles. The van der Waals surface area contributed by atoms with E-state index in [-0.39, 0.29) is 24.5 Å². The quantitative estimate of drug-likeness (QED) is 0.927. The van der Waals surface area contributed by atoms with E-state index in [1.807, 2.05) is 4.90 Å². The molecule has 1 N–H and O–H groups in total. The molecule has 2 aliphatic rings. The van der Waals surface area contributed by atoms with Crippen LogP contribution in [0.2, 0.25) is 0 Å². The standard InChI is InChI=1S/C19H27N3O2/c1-14-7-5-8-16(15(14)2)17-9-3-4-12-22(17)18(23)13-21-11-6-10-20-19(21)24/h5,7-8,17H,3-4,6,9-13H2,1-2H3,(H,20,24). The second-order valence-electron chi connectivity index (χ2n) is 6.89. The molecule has 5 heteroatoms. The van der Waals surface area contributed by atoms with E-state index >= 15 is 0 Å². The molecule has 1 unspecified atom stereocenters. The number of piperidine rings is 1. The highest BCUT2D eigenvalue weighted by Crippen LogP contribution is 2.33. The van der Waals surface area contributed by atoms with Gasteiger partial charge in [0.25, 0.3) is 0 Å². The molecule has 0 radical (unpaired) electrons. The SMILES string of the molecule is Cc1cccc(C2CCCCN2C(=O)CN2CCCNC2=O)c1C. The van der Waals surface area contributed by atoms with Crippen molar-refractivity contribution < 1.29 is 9.59 Å². The van der Waals surface area contributed by atoms with Crippen molar-refractivity contribution in [2.75, 3.05) is 26.2 Å². The van der Waals surface area contributed by atoms with Crippen LogP contribution in [0.15, 0.2) is 18.2 Å². The summed E-state index contributed by atoms with van der Waals surface area (Å²) in [5.41, 5.74) is 3.80. The van der Waals surface area contributed by atoms with E-state index in [1.165, 1.54) is 16.7 Å². The van der Waals surface area contributed by atoms with E-state index in [0.717, 1.165) is 32.2 Å². The van der Waals surface area contributed by atoms with Crippen molar-refractivity contribution in [1.29, 1.82) is 0 Å². The highest BCUT2D eigenvalue weighted by molar-refractivity contribution is 5.84. The van der Waals surface area contributed by atoms with Crippen LogP contribution in [0.1, 0.15) is 48.4 Å². The summed E-state index contributed by atoms with van der Waals surface area (Å²) in [6.07, 6.45) is 4.09. The first-order valence-corrected chi connectivity index (χ1v) is 8.96. The summed E-state index contributed by atoms with van der Waals surface area (Å²) >= 11 is 0. The van der Waals surface area contributed by atoms with Crippen LogP contribution in [-0.4, -0.2) is 47.9 Å². The van der Waals surface area contributed by atoms with Crippen LogP contribution in [-0.2, 0) is 4.79 Å². The van der Waals surface area contributed by atoms with Gasteiger partial charge < -0.3 is 15.1 Å². The number of rotatable bonds is 3. The van der Waals surface area contributed by atoms with Crippen LogP contribution in [0, 0.1) is 13.8 Å². The highest BCUT2D eigenvalue weighted by atomic mass is 16.2. The lowest BCUT2D eigenvalue weighted by atomic mass is 9.90. The lowest BCUT2D eigenvalue weighted by Gasteiger charge is -2.38. The van der Waals surface area contributed by atoms with Gasteiger partial charge >= 0.3 is 6.03 Å². The van der Waals surface area contributed by atoms with Gasteiger partial charge in [-0.2, -0.15) is 0 Å². The van der Waals surface area contributed by atoms with E-state index in [4.69, 9.17) is 0 Å². The predicted octanol–water partition coefficient (Wildman–Crippen LogP) is 2.77. The number of hydrogen-bond donors (Lipinski definition) is 1. The second kappa shape index (κ2) is 7.24. The Morgan fingerprint density at radius 2 is 2.04 bits per heavy atom. The van der Waals surface area contributed by atoms with Gasteiger partial charge in [0.05, 0.1) is 6.04 Å². The molecule has 130 valence electrons. The summed E-state index contributed by atoms with van der Waals surface area (Å²) < 4.78 is 0. The number of carbonyl (C=O) groups excluding carboxylic acids is 2. The minimum Gasteiger partial charge on any atom is -0.338 e. The van der Waals surface area contributed by atoms with Crippen LogP contribution < -0.4 is 5.32 Å². The maximum absolute atomic E-state index is 12.9. The Morgan fingerprint density at radius 3 is 2.83 bits per heavy atom. The summed E-state index contributed by atoms with van der Waals surface area (Å²) in [4.78, 5) is 28.4. The van der Waals surface area contributed by atoms with E-state index in [2.05, 4.69) is 37.4 Å². The smallest absolute Gasteiger partial charge is 0.317 e. The Balaban J connectivity index is 1.77.